The summed E-state index contributed by atoms with van der Waals surface area (Å²) in [5.74, 6) is 1.25. The Balaban J connectivity index is 2.28. The zero-order chi connectivity index (χ0) is 14.8. The Bertz CT molecular complexity index is 848. The third-order valence-corrected chi connectivity index (χ3v) is 3.48. The van der Waals surface area contributed by atoms with E-state index in [9.17, 15) is 0 Å². The highest BCUT2D eigenvalue weighted by atomic mass is 35.5. The fourth-order valence-corrected chi connectivity index (χ4v) is 2.55. The van der Waals surface area contributed by atoms with Crippen LogP contribution >= 0.6 is 23.2 Å². The molecule has 0 bridgehead atoms. The van der Waals surface area contributed by atoms with Gasteiger partial charge in [0.15, 0.2) is 5.65 Å². The average molecular weight is 317 g/mol. The Morgan fingerprint density at radius 3 is 2.90 bits per heavy atom. The predicted octanol–water partition coefficient (Wildman–Crippen LogP) is 3.73. The van der Waals surface area contributed by atoms with Gasteiger partial charge in [0, 0.05) is 18.5 Å². The van der Waals surface area contributed by atoms with Gasteiger partial charge in [0.2, 0.25) is 0 Å². The summed E-state index contributed by atoms with van der Waals surface area (Å²) in [4.78, 5) is 8.90. The zero-order valence-corrected chi connectivity index (χ0v) is 12.4. The maximum absolute atomic E-state index is 9.05. The van der Waals surface area contributed by atoms with Gasteiger partial charge in [-0.1, -0.05) is 17.7 Å². The minimum atomic E-state index is 0.453. The first kappa shape index (κ1) is 13.9. The molecule has 21 heavy (non-hydrogen) atoms. The van der Waals surface area contributed by atoms with Crippen molar-refractivity contribution in [2.75, 3.05) is 5.88 Å². The third kappa shape index (κ3) is 2.58. The standard InChI is InChI=1S/C15H10Cl2N4/c16-5-4-14-20-13-7-11(17)9-19-15(13)21(14)12-3-1-2-10(6-12)8-18/h1-3,6-7,9H,4-5H2. The van der Waals surface area contributed by atoms with Crippen molar-refractivity contribution in [2.24, 2.45) is 0 Å². The SMILES string of the molecule is N#Cc1cccc(-n2c(CCCl)nc3cc(Cl)cnc32)c1. The van der Waals surface area contributed by atoms with Crippen LogP contribution in [0.4, 0.5) is 0 Å². The molecule has 4 nitrogen and oxygen atoms in total. The van der Waals surface area contributed by atoms with Crippen molar-refractivity contribution in [1.82, 2.24) is 14.5 Å². The van der Waals surface area contributed by atoms with Crippen LogP contribution in [-0.2, 0) is 6.42 Å². The number of rotatable bonds is 3. The van der Waals surface area contributed by atoms with E-state index in [1.807, 2.05) is 16.7 Å². The first-order valence-electron chi connectivity index (χ1n) is 6.32. The van der Waals surface area contributed by atoms with E-state index in [1.54, 1.807) is 24.4 Å². The number of benzene rings is 1. The number of fused-ring (bicyclic) bond motifs is 1. The molecular formula is C15H10Cl2N4. The van der Waals surface area contributed by atoms with Crippen LogP contribution in [0.15, 0.2) is 36.5 Å². The van der Waals surface area contributed by atoms with E-state index < -0.39 is 0 Å². The molecule has 0 aliphatic carbocycles. The number of nitrogens with zero attached hydrogens (tertiary/aromatic N) is 4. The summed E-state index contributed by atoms with van der Waals surface area (Å²) in [6.07, 6.45) is 2.19. The van der Waals surface area contributed by atoms with Gasteiger partial charge in [0.1, 0.15) is 11.3 Å². The number of hydrogen-bond donors (Lipinski definition) is 0. The summed E-state index contributed by atoms with van der Waals surface area (Å²) in [6.45, 7) is 0. The second-order valence-electron chi connectivity index (χ2n) is 4.46. The Morgan fingerprint density at radius 2 is 2.14 bits per heavy atom. The highest BCUT2D eigenvalue weighted by Crippen LogP contribution is 2.23. The lowest BCUT2D eigenvalue weighted by atomic mass is 10.2. The topological polar surface area (TPSA) is 54.5 Å². The molecule has 1 aromatic carbocycles. The average Bonchev–Trinajstić information content (AvgIpc) is 2.84. The summed E-state index contributed by atoms with van der Waals surface area (Å²) in [5.41, 5.74) is 2.84. The van der Waals surface area contributed by atoms with Crippen LogP contribution in [-0.4, -0.2) is 20.4 Å². The minimum Gasteiger partial charge on any atom is -0.281 e. The zero-order valence-electron chi connectivity index (χ0n) is 10.9. The van der Waals surface area contributed by atoms with Gasteiger partial charge in [-0.25, -0.2) is 9.97 Å². The fraction of sp³-hybridized carbons (Fsp3) is 0.133. The number of hydrogen-bond acceptors (Lipinski definition) is 3. The maximum atomic E-state index is 9.05. The molecule has 0 saturated heterocycles. The van der Waals surface area contributed by atoms with Gasteiger partial charge < -0.3 is 0 Å². The number of aromatic nitrogens is 3. The van der Waals surface area contributed by atoms with Crippen LogP contribution in [0, 0.1) is 11.3 Å². The molecule has 3 rings (SSSR count). The van der Waals surface area contributed by atoms with Crippen molar-refractivity contribution in [2.45, 2.75) is 6.42 Å². The largest absolute Gasteiger partial charge is 0.281 e. The molecule has 0 spiro atoms. The van der Waals surface area contributed by atoms with Gasteiger partial charge in [-0.05, 0) is 24.3 Å². The van der Waals surface area contributed by atoms with Crippen LogP contribution in [0.2, 0.25) is 5.02 Å². The molecule has 0 fully saturated rings. The molecule has 104 valence electrons. The van der Waals surface area contributed by atoms with E-state index in [0.29, 0.717) is 34.1 Å². The number of pyridine rings is 1. The summed E-state index contributed by atoms with van der Waals surface area (Å²) in [6, 6.07) is 11.2. The van der Waals surface area contributed by atoms with Crippen molar-refractivity contribution in [1.29, 1.82) is 5.26 Å². The summed E-state index contributed by atoms with van der Waals surface area (Å²) >= 11 is 11.8. The van der Waals surface area contributed by atoms with Crippen molar-refractivity contribution in [3.63, 3.8) is 0 Å². The van der Waals surface area contributed by atoms with Gasteiger partial charge >= 0.3 is 0 Å². The molecule has 0 unspecified atom stereocenters. The fourth-order valence-electron chi connectivity index (χ4n) is 2.23. The van der Waals surface area contributed by atoms with Gasteiger partial charge in [0.25, 0.3) is 0 Å². The molecule has 0 radical (unpaired) electrons. The number of nitriles is 1. The molecule has 0 aliphatic rings. The van der Waals surface area contributed by atoms with E-state index in [2.05, 4.69) is 16.0 Å². The predicted molar refractivity (Wildman–Crippen MR) is 83.0 cm³/mol. The lowest BCUT2D eigenvalue weighted by Gasteiger charge is -2.08. The van der Waals surface area contributed by atoms with E-state index in [-0.39, 0.29) is 0 Å². The van der Waals surface area contributed by atoms with Crippen LogP contribution in [0.1, 0.15) is 11.4 Å². The van der Waals surface area contributed by atoms with Gasteiger partial charge in [-0.15, -0.1) is 11.6 Å². The monoisotopic (exact) mass is 316 g/mol. The molecule has 6 heteroatoms. The van der Waals surface area contributed by atoms with E-state index in [4.69, 9.17) is 28.5 Å². The van der Waals surface area contributed by atoms with Gasteiger partial charge in [-0.2, -0.15) is 5.26 Å². The van der Waals surface area contributed by atoms with Crippen molar-refractivity contribution >= 4 is 34.4 Å². The minimum absolute atomic E-state index is 0.453. The van der Waals surface area contributed by atoms with Crippen LogP contribution < -0.4 is 0 Å². The molecule has 0 saturated carbocycles. The van der Waals surface area contributed by atoms with Gasteiger partial charge in [0.05, 0.1) is 22.3 Å². The molecule has 3 aromatic rings. The summed E-state index contributed by atoms with van der Waals surface area (Å²) in [7, 11) is 0. The number of alkyl halides is 1. The van der Waals surface area contributed by atoms with E-state index in [1.165, 1.54) is 0 Å². The number of aryl methyl sites for hydroxylation is 1. The number of imidazole rings is 1. The van der Waals surface area contributed by atoms with Crippen molar-refractivity contribution < 1.29 is 0 Å². The summed E-state index contributed by atoms with van der Waals surface area (Å²) in [5, 5.41) is 9.59. The lowest BCUT2D eigenvalue weighted by molar-refractivity contribution is 0.905. The highest BCUT2D eigenvalue weighted by Gasteiger charge is 2.14. The van der Waals surface area contributed by atoms with Crippen LogP contribution in [0.25, 0.3) is 16.9 Å². The van der Waals surface area contributed by atoms with Crippen molar-refractivity contribution in [3.8, 4) is 11.8 Å². The lowest BCUT2D eigenvalue weighted by Crippen LogP contribution is -2.03. The molecule has 0 atom stereocenters. The Morgan fingerprint density at radius 1 is 1.29 bits per heavy atom. The van der Waals surface area contributed by atoms with Crippen molar-refractivity contribution in [3.05, 3.63) is 52.9 Å². The molecule has 2 heterocycles. The summed E-state index contributed by atoms with van der Waals surface area (Å²) < 4.78 is 1.91. The van der Waals surface area contributed by atoms with E-state index in [0.717, 1.165) is 11.5 Å². The Kier molecular flexibility index (Phi) is 3.78. The normalized spacial score (nSPS) is 10.7. The van der Waals surface area contributed by atoms with Gasteiger partial charge in [-0.3, -0.25) is 4.57 Å². The third-order valence-electron chi connectivity index (χ3n) is 3.08. The molecule has 0 aliphatic heterocycles. The Labute approximate surface area is 131 Å². The molecular weight excluding hydrogens is 307 g/mol. The molecule has 0 N–H and O–H groups in total. The number of halogens is 2. The smallest absolute Gasteiger partial charge is 0.164 e. The Hall–Kier alpha value is -2.09. The quantitative estimate of drug-likeness (QED) is 0.692. The van der Waals surface area contributed by atoms with Crippen LogP contribution in [0.3, 0.4) is 0 Å². The van der Waals surface area contributed by atoms with Crippen LogP contribution in [0.5, 0.6) is 0 Å². The molecule has 2 aromatic heterocycles. The first-order valence-corrected chi connectivity index (χ1v) is 7.23. The molecule has 0 amide bonds. The first-order chi connectivity index (χ1) is 10.2. The maximum Gasteiger partial charge on any atom is 0.164 e. The highest BCUT2D eigenvalue weighted by molar-refractivity contribution is 6.31. The second-order valence-corrected chi connectivity index (χ2v) is 5.28. The van der Waals surface area contributed by atoms with E-state index >= 15 is 0 Å². The second kappa shape index (κ2) is 5.72.